The van der Waals surface area contributed by atoms with Crippen molar-refractivity contribution in [2.24, 2.45) is 11.8 Å². The van der Waals surface area contributed by atoms with Crippen molar-refractivity contribution in [3.8, 4) is 11.1 Å². The molecule has 2 aromatic carbocycles. The van der Waals surface area contributed by atoms with E-state index in [4.69, 9.17) is 4.74 Å². The summed E-state index contributed by atoms with van der Waals surface area (Å²) in [6.45, 7) is 0.343. The minimum absolute atomic E-state index is 0.0299. The number of carbonyl (C=O) groups excluding carboxylic acids is 2. The third-order valence-electron chi connectivity index (χ3n) is 7.50. The summed E-state index contributed by atoms with van der Waals surface area (Å²) in [6, 6.07) is 16.3. The van der Waals surface area contributed by atoms with Crippen molar-refractivity contribution in [3.05, 3.63) is 59.7 Å². The first kappa shape index (κ1) is 22.4. The minimum atomic E-state index is -1.15. The predicted octanol–water partition coefficient (Wildman–Crippen LogP) is 4.06. The van der Waals surface area contributed by atoms with Crippen LogP contribution in [0, 0.1) is 11.8 Å². The van der Waals surface area contributed by atoms with Gasteiger partial charge in [-0.15, -0.1) is 0 Å². The van der Waals surface area contributed by atoms with E-state index < -0.39 is 23.5 Å². The lowest BCUT2D eigenvalue weighted by atomic mass is 9.76. The summed E-state index contributed by atoms with van der Waals surface area (Å²) in [7, 11) is 0. The smallest absolute Gasteiger partial charge is 0.407 e. The molecule has 0 heterocycles. The molecule has 2 saturated carbocycles. The zero-order chi connectivity index (χ0) is 23.7. The molecule has 178 valence electrons. The van der Waals surface area contributed by atoms with Crippen molar-refractivity contribution in [2.45, 2.75) is 50.0 Å². The van der Waals surface area contributed by atoms with E-state index in [2.05, 4.69) is 34.9 Å². The number of carboxylic acid groups (broad SMARTS) is 1. The third kappa shape index (κ3) is 4.39. The maximum Gasteiger partial charge on any atom is 0.407 e. The lowest BCUT2D eigenvalue weighted by molar-refractivity contribution is -0.152. The van der Waals surface area contributed by atoms with Crippen molar-refractivity contribution < 1.29 is 24.2 Å². The molecule has 3 aliphatic carbocycles. The topological polar surface area (TPSA) is 105 Å². The van der Waals surface area contributed by atoms with Crippen molar-refractivity contribution in [2.75, 3.05) is 13.2 Å². The fourth-order valence-corrected chi connectivity index (χ4v) is 5.16. The molecule has 0 bridgehead atoms. The van der Waals surface area contributed by atoms with E-state index in [1.165, 1.54) is 0 Å². The fourth-order valence-electron chi connectivity index (χ4n) is 5.16. The quantitative estimate of drug-likeness (QED) is 0.521. The Morgan fingerprint density at radius 2 is 1.62 bits per heavy atom. The van der Waals surface area contributed by atoms with E-state index in [1.807, 2.05) is 24.3 Å². The SMILES string of the molecule is O=C(NCC(CC1CC1)C(=O)NC1(C(=O)O)CCC1)OCC1c2ccccc2-c2ccccc21. The Labute approximate surface area is 198 Å². The molecule has 0 radical (unpaired) electrons. The standard InChI is InChI=1S/C27H30N2O5/c30-24(29-27(25(31)32)12-5-13-27)18(14-17-10-11-17)15-28-26(33)34-16-23-21-8-3-1-6-19(21)20-7-2-4-9-22(20)23/h1-4,6-9,17-18,23H,5,10-16H2,(H,28,33)(H,29,30)(H,31,32). The number of carboxylic acids is 1. The molecule has 0 spiro atoms. The Balaban J connectivity index is 1.19. The van der Waals surface area contributed by atoms with Crippen LogP contribution in [0.3, 0.4) is 0 Å². The van der Waals surface area contributed by atoms with E-state index in [1.54, 1.807) is 0 Å². The van der Waals surface area contributed by atoms with Crippen LogP contribution in [0.1, 0.15) is 55.6 Å². The molecule has 5 rings (SSSR count). The molecule has 1 unspecified atom stereocenters. The number of alkyl carbamates (subject to hydrolysis) is 1. The molecule has 7 heteroatoms. The number of carbonyl (C=O) groups is 3. The van der Waals surface area contributed by atoms with E-state index >= 15 is 0 Å². The first-order valence-corrected chi connectivity index (χ1v) is 12.1. The van der Waals surface area contributed by atoms with Gasteiger partial charge in [-0.05, 0) is 53.9 Å². The molecule has 7 nitrogen and oxygen atoms in total. The van der Waals surface area contributed by atoms with E-state index in [9.17, 15) is 19.5 Å². The van der Waals surface area contributed by atoms with E-state index in [0.29, 0.717) is 25.2 Å². The molecule has 3 aliphatic rings. The van der Waals surface area contributed by atoms with Crippen LogP contribution in [0.5, 0.6) is 0 Å². The number of hydrogen-bond acceptors (Lipinski definition) is 4. The van der Waals surface area contributed by atoms with Gasteiger partial charge < -0.3 is 20.5 Å². The highest BCUT2D eigenvalue weighted by Crippen LogP contribution is 2.44. The Morgan fingerprint density at radius 1 is 1.00 bits per heavy atom. The lowest BCUT2D eigenvalue weighted by Crippen LogP contribution is -2.60. The summed E-state index contributed by atoms with van der Waals surface area (Å²) in [5, 5.41) is 15.0. The van der Waals surface area contributed by atoms with Crippen molar-refractivity contribution in [1.29, 1.82) is 0 Å². The van der Waals surface area contributed by atoms with Crippen molar-refractivity contribution >= 4 is 18.0 Å². The van der Waals surface area contributed by atoms with Crippen LogP contribution >= 0.6 is 0 Å². The Bertz CT molecular complexity index is 1060. The van der Waals surface area contributed by atoms with Crippen LogP contribution in [0.2, 0.25) is 0 Å². The highest BCUT2D eigenvalue weighted by atomic mass is 16.5. The Hall–Kier alpha value is -3.35. The number of benzene rings is 2. The van der Waals surface area contributed by atoms with Gasteiger partial charge in [0.05, 0.1) is 5.92 Å². The number of amides is 2. The maximum atomic E-state index is 12.9. The Kier molecular flexibility index (Phi) is 6.02. The average molecular weight is 463 g/mol. The van der Waals surface area contributed by atoms with Gasteiger partial charge in [0.15, 0.2) is 0 Å². The molecule has 1 atom stereocenters. The molecule has 34 heavy (non-hydrogen) atoms. The van der Waals surface area contributed by atoms with Gasteiger partial charge in [0.25, 0.3) is 0 Å². The minimum Gasteiger partial charge on any atom is -0.480 e. The third-order valence-corrected chi connectivity index (χ3v) is 7.50. The lowest BCUT2D eigenvalue weighted by Gasteiger charge is -2.39. The summed E-state index contributed by atoms with van der Waals surface area (Å²) in [5.41, 5.74) is 3.46. The van der Waals surface area contributed by atoms with Crippen molar-refractivity contribution in [3.63, 3.8) is 0 Å². The molecule has 3 N–H and O–H groups in total. The molecular formula is C27H30N2O5. The van der Waals surface area contributed by atoms with Crippen LogP contribution in [0.25, 0.3) is 11.1 Å². The zero-order valence-corrected chi connectivity index (χ0v) is 19.1. The molecule has 2 fully saturated rings. The largest absolute Gasteiger partial charge is 0.480 e. The number of fused-ring (bicyclic) bond motifs is 3. The van der Waals surface area contributed by atoms with Gasteiger partial charge in [-0.25, -0.2) is 9.59 Å². The molecule has 0 saturated heterocycles. The average Bonchev–Trinajstić information content (AvgIpc) is 3.58. The Morgan fingerprint density at radius 3 is 2.15 bits per heavy atom. The molecule has 2 aromatic rings. The molecular weight excluding hydrogens is 432 g/mol. The van der Waals surface area contributed by atoms with Gasteiger partial charge in [0.1, 0.15) is 12.1 Å². The molecule has 2 amide bonds. The second kappa shape index (κ2) is 9.12. The van der Waals surface area contributed by atoms with Gasteiger partial charge in [-0.1, -0.05) is 61.4 Å². The number of rotatable bonds is 9. The second-order valence-electron chi connectivity index (χ2n) is 9.81. The fraction of sp³-hybridized carbons (Fsp3) is 0.444. The maximum absolute atomic E-state index is 12.9. The summed E-state index contributed by atoms with van der Waals surface area (Å²) in [4.78, 5) is 37.1. The van der Waals surface area contributed by atoms with Crippen LogP contribution < -0.4 is 10.6 Å². The van der Waals surface area contributed by atoms with Gasteiger partial charge in [0, 0.05) is 12.5 Å². The van der Waals surface area contributed by atoms with Crippen molar-refractivity contribution in [1.82, 2.24) is 10.6 Å². The summed E-state index contributed by atoms with van der Waals surface area (Å²) in [6.07, 6.45) is 3.90. The van der Waals surface area contributed by atoms with E-state index in [-0.39, 0.29) is 25.0 Å². The number of ether oxygens (including phenoxy) is 1. The van der Waals surface area contributed by atoms with Crippen LogP contribution in [-0.4, -0.2) is 41.8 Å². The summed E-state index contributed by atoms with van der Waals surface area (Å²) in [5.74, 6) is -1.32. The second-order valence-corrected chi connectivity index (χ2v) is 9.81. The first-order valence-electron chi connectivity index (χ1n) is 12.1. The number of hydrogen-bond donors (Lipinski definition) is 3. The van der Waals surface area contributed by atoms with Gasteiger partial charge in [-0.3, -0.25) is 4.79 Å². The van der Waals surface area contributed by atoms with Crippen LogP contribution in [0.15, 0.2) is 48.5 Å². The zero-order valence-electron chi connectivity index (χ0n) is 19.1. The van der Waals surface area contributed by atoms with Gasteiger partial charge in [-0.2, -0.15) is 0 Å². The predicted molar refractivity (Wildman–Crippen MR) is 126 cm³/mol. The molecule has 0 aromatic heterocycles. The normalized spacial score (nSPS) is 18.7. The highest BCUT2D eigenvalue weighted by Gasteiger charge is 2.46. The first-order chi connectivity index (χ1) is 16.5. The van der Waals surface area contributed by atoms with Gasteiger partial charge in [0.2, 0.25) is 5.91 Å². The number of nitrogens with one attached hydrogen (secondary N) is 2. The number of aliphatic carboxylic acids is 1. The monoisotopic (exact) mass is 462 g/mol. The molecule has 0 aliphatic heterocycles. The van der Waals surface area contributed by atoms with Crippen LogP contribution in [0.4, 0.5) is 4.79 Å². The van der Waals surface area contributed by atoms with Gasteiger partial charge >= 0.3 is 12.1 Å². The summed E-state index contributed by atoms with van der Waals surface area (Å²) >= 11 is 0. The van der Waals surface area contributed by atoms with Crippen LogP contribution in [-0.2, 0) is 14.3 Å². The summed E-state index contributed by atoms with van der Waals surface area (Å²) < 4.78 is 5.59. The highest BCUT2D eigenvalue weighted by molar-refractivity contribution is 5.89. The van der Waals surface area contributed by atoms with E-state index in [0.717, 1.165) is 41.5 Å².